The van der Waals surface area contributed by atoms with Crippen LogP contribution in [0, 0.1) is 6.92 Å². The Bertz CT molecular complexity index is 671. The summed E-state index contributed by atoms with van der Waals surface area (Å²) in [6.07, 6.45) is 1.87. The van der Waals surface area contributed by atoms with Gasteiger partial charge in [0.1, 0.15) is 0 Å². The molecule has 0 aliphatic rings. The van der Waals surface area contributed by atoms with Crippen molar-refractivity contribution in [2.45, 2.75) is 6.92 Å². The minimum atomic E-state index is 0.736. The zero-order chi connectivity index (χ0) is 11.8. The second kappa shape index (κ2) is 3.85. The van der Waals surface area contributed by atoms with E-state index in [0.717, 1.165) is 22.1 Å². The van der Waals surface area contributed by atoms with Crippen LogP contribution in [0.15, 0.2) is 30.5 Å². The first-order valence-electron chi connectivity index (χ1n) is 5.24. The number of fused-ring (bicyclic) bond motifs is 1. The third-order valence-electron chi connectivity index (χ3n) is 2.51. The summed E-state index contributed by atoms with van der Waals surface area (Å²) in [4.78, 5) is 6.84. The summed E-state index contributed by atoms with van der Waals surface area (Å²) in [6, 6.07) is 7.89. The summed E-state index contributed by atoms with van der Waals surface area (Å²) in [5, 5.41) is 4.44. The molecular formula is C12H11N3OS. The monoisotopic (exact) mass is 245 g/mol. The molecule has 0 N–H and O–H groups in total. The molecule has 0 aliphatic carbocycles. The van der Waals surface area contributed by atoms with Crippen molar-refractivity contribution in [3.63, 3.8) is 0 Å². The van der Waals surface area contributed by atoms with Crippen molar-refractivity contribution < 1.29 is 4.74 Å². The summed E-state index contributed by atoms with van der Waals surface area (Å²) in [5.74, 6) is 1.48. The first kappa shape index (κ1) is 10.3. The third-order valence-corrected chi connectivity index (χ3v) is 3.50. The lowest BCUT2D eigenvalue weighted by Crippen LogP contribution is -1.90. The molecule has 0 spiro atoms. The van der Waals surface area contributed by atoms with Gasteiger partial charge in [-0.1, -0.05) is 0 Å². The molecule has 0 unspecified atom stereocenters. The number of nitrogens with zero attached hydrogens (tertiary/aromatic N) is 3. The van der Waals surface area contributed by atoms with E-state index in [1.54, 1.807) is 23.0 Å². The summed E-state index contributed by atoms with van der Waals surface area (Å²) in [6.45, 7) is 2.07. The lowest BCUT2D eigenvalue weighted by atomic mass is 10.4. The molecule has 3 rings (SSSR count). The number of ether oxygens (including phenoxy) is 1. The van der Waals surface area contributed by atoms with Gasteiger partial charge in [-0.2, -0.15) is 0 Å². The maximum Gasteiger partial charge on any atom is 0.198 e. The highest BCUT2D eigenvalue weighted by Crippen LogP contribution is 2.27. The van der Waals surface area contributed by atoms with Crippen molar-refractivity contribution in [3.8, 4) is 16.5 Å². The maximum absolute atomic E-state index is 5.26. The molecular weight excluding hydrogens is 234 g/mol. The van der Waals surface area contributed by atoms with E-state index in [9.17, 15) is 0 Å². The Hall–Kier alpha value is -1.88. The summed E-state index contributed by atoms with van der Waals surface area (Å²) in [7, 11) is 1.64. The highest BCUT2D eigenvalue weighted by molar-refractivity contribution is 7.15. The standard InChI is InChI=1S/C12H11N3OS/c1-8-5-6-10(17-8)11-13-12-9(16-2)4-3-7-15(12)14-11/h3-7H,1-2H3. The van der Waals surface area contributed by atoms with Gasteiger partial charge in [0.25, 0.3) is 0 Å². The summed E-state index contributed by atoms with van der Waals surface area (Å²) < 4.78 is 7.00. The van der Waals surface area contributed by atoms with Gasteiger partial charge in [0, 0.05) is 11.1 Å². The highest BCUT2D eigenvalue weighted by atomic mass is 32.1. The number of aryl methyl sites for hydroxylation is 1. The molecule has 0 saturated carbocycles. The Labute approximate surface area is 102 Å². The molecule has 86 valence electrons. The van der Waals surface area contributed by atoms with E-state index in [2.05, 4.69) is 23.1 Å². The Morgan fingerprint density at radius 2 is 2.18 bits per heavy atom. The van der Waals surface area contributed by atoms with Crippen LogP contribution < -0.4 is 4.74 Å². The molecule has 5 heteroatoms. The molecule has 0 fully saturated rings. The molecule has 0 radical (unpaired) electrons. The second-order valence-electron chi connectivity index (χ2n) is 3.69. The Balaban J connectivity index is 2.19. The topological polar surface area (TPSA) is 39.4 Å². The molecule has 3 heterocycles. The fraction of sp³-hybridized carbons (Fsp3) is 0.167. The van der Waals surface area contributed by atoms with Crippen LogP contribution in [0.25, 0.3) is 16.3 Å². The number of thiophene rings is 1. The van der Waals surface area contributed by atoms with Crippen LogP contribution in [0.2, 0.25) is 0 Å². The van der Waals surface area contributed by atoms with Crippen LogP contribution in [-0.2, 0) is 0 Å². The van der Waals surface area contributed by atoms with Gasteiger partial charge in [-0.15, -0.1) is 16.4 Å². The number of pyridine rings is 1. The van der Waals surface area contributed by atoms with Crippen LogP contribution in [0.3, 0.4) is 0 Å². The summed E-state index contributed by atoms with van der Waals surface area (Å²) >= 11 is 1.69. The van der Waals surface area contributed by atoms with Crippen molar-refractivity contribution in [2.24, 2.45) is 0 Å². The van der Waals surface area contributed by atoms with E-state index >= 15 is 0 Å². The fourth-order valence-corrected chi connectivity index (χ4v) is 2.50. The van der Waals surface area contributed by atoms with Gasteiger partial charge >= 0.3 is 0 Å². The molecule has 4 nitrogen and oxygen atoms in total. The summed E-state index contributed by atoms with van der Waals surface area (Å²) in [5.41, 5.74) is 0.746. The van der Waals surface area contributed by atoms with Gasteiger partial charge in [-0.25, -0.2) is 9.50 Å². The normalized spacial score (nSPS) is 10.9. The minimum absolute atomic E-state index is 0.736. The molecule has 0 saturated heterocycles. The number of hydrogen-bond donors (Lipinski definition) is 0. The molecule has 0 aromatic carbocycles. The van der Waals surface area contributed by atoms with Gasteiger partial charge < -0.3 is 4.74 Å². The first-order chi connectivity index (χ1) is 8.28. The number of aromatic nitrogens is 3. The van der Waals surface area contributed by atoms with E-state index in [1.165, 1.54) is 4.88 Å². The number of methoxy groups -OCH3 is 1. The van der Waals surface area contributed by atoms with Crippen LogP contribution in [0.5, 0.6) is 5.75 Å². The Kier molecular flexibility index (Phi) is 2.33. The smallest absolute Gasteiger partial charge is 0.198 e. The SMILES string of the molecule is COc1cccn2nc(-c3ccc(C)s3)nc12. The van der Waals surface area contributed by atoms with E-state index in [0.29, 0.717) is 0 Å². The van der Waals surface area contributed by atoms with Crippen LogP contribution in [-0.4, -0.2) is 21.7 Å². The first-order valence-corrected chi connectivity index (χ1v) is 6.06. The Morgan fingerprint density at radius 1 is 1.29 bits per heavy atom. The van der Waals surface area contributed by atoms with Gasteiger partial charge in [0.15, 0.2) is 17.2 Å². The molecule has 17 heavy (non-hydrogen) atoms. The minimum Gasteiger partial charge on any atom is -0.493 e. The van der Waals surface area contributed by atoms with Crippen LogP contribution in [0.1, 0.15) is 4.88 Å². The zero-order valence-electron chi connectivity index (χ0n) is 9.54. The molecule has 3 aromatic heterocycles. The molecule has 0 aliphatic heterocycles. The van der Waals surface area contributed by atoms with E-state index in [1.807, 2.05) is 24.4 Å². The Morgan fingerprint density at radius 3 is 2.88 bits per heavy atom. The van der Waals surface area contributed by atoms with Crippen molar-refractivity contribution in [1.29, 1.82) is 0 Å². The largest absolute Gasteiger partial charge is 0.493 e. The molecule has 3 aromatic rings. The van der Waals surface area contributed by atoms with Gasteiger partial charge in [-0.3, -0.25) is 0 Å². The predicted octanol–water partition coefficient (Wildman–Crippen LogP) is 2.77. The molecule has 0 bridgehead atoms. The van der Waals surface area contributed by atoms with E-state index in [-0.39, 0.29) is 0 Å². The predicted molar refractivity (Wildman–Crippen MR) is 67.6 cm³/mol. The average Bonchev–Trinajstić information content (AvgIpc) is 2.93. The number of hydrogen-bond acceptors (Lipinski definition) is 4. The van der Waals surface area contributed by atoms with Crippen molar-refractivity contribution in [3.05, 3.63) is 35.3 Å². The maximum atomic E-state index is 5.26. The fourth-order valence-electron chi connectivity index (χ4n) is 1.70. The van der Waals surface area contributed by atoms with Crippen LogP contribution in [0.4, 0.5) is 0 Å². The van der Waals surface area contributed by atoms with E-state index in [4.69, 9.17) is 4.74 Å². The average molecular weight is 245 g/mol. The quantitative estimate of drug-likeness (QED) is 0.697. The van der Waals surface area contributed by atoms with Crippen LogP contribution >= 0.6 is 11.3 Å². The van der Waals surface area contributed by atoms with Gasteiger partial charge in [0.2, 0.25) is 0 Å². The highest BCUT2D eigenvalue weighted by Gasteiger charge is 2.10. The zero-order valence-corrected chi connectivity index (χ0v) is 10.4. The number of rotatable bonds is 2. The van der Waals surface area contributed by atoms with Crippen molar-refractivity contribution >= 4 is 17.0 Å². The lowest BCUT2D eigenvalue weighted by molar-refractivity contribution is 0.416. The second-order valence-corrected chi connectivity index (χ2v) is 4.98. The van der Waals surface area contributed by atoms with E-state index < -0.39 is 0 Å². The van der Waals surface area contributed by atoms with Gasteiger partial charge in [0.05, 0.1) is 12.0 Å². The van der Waals surface area contributed by atoms with Crippen molar-refractivity contribution in [2.75, 3.05) is 7.11 Å². The van der Waals surface area contributed by atoms with Gasteiger partial charge in [-0.05, 0) is 31.2 Å². The molecule has 0 amide bonds. The molecule has 0 atom stereocenters. The lowest BCUT2D eigenvalue weighted by Gasteiger charge is -1.98. The van der Waals surface area contributed by atoms with Crippen molar-refractivity contribution in [1.82, 2.24) is 14.6 Å². The third kappa shape index (κ3) is 1.68.